The summed E-state index contributed by atoms with van der Waals surface area (Å²) in [5.41, 5.74) is 15.3. The minimum Gasteiger partial charge on any atom is -0.516 e. The van der Waals surface area contributed by atoms with Crippen LogP contribution < -0.4 is 4.74 Å². The van der Waals surface area contributed by atoms with Crippen molar-refractivity contribution in [1.29, 1.82) is 0 Å². The molecule has 0 saturated carbocycles. The number of para-hydroxylation sites is 1. The number of hydrogen-bond donors (Lipinski definition) is 1. The average Bonchev–Trinajstić information content (AvgIpc) is 3.47. The van der Waals surface area contributed by atoms with E-state index in [-0.39, 0.29) is 0 Å². The quantitative estimate of drug-likeness (QED) is 0.0559. The number of carbonyl (C=O) groups is 2. The molecule has 2 atom stereocenters. The van der Waals surface area contributed by atoms with Gasteiger partial charge in [0, 0.05) is 18.1 Å². The third kappa shape index (κ3) is 11.0. The maximum Gasteiger partial charge on any atom is 0.322 e. The van der Waals surface area contributed by atoms with Crippen LogP contribution in [0.2, 0.25) is 0 Å². The maximum absolute atomic E-state index is 15.6. The molecule has 0 saturated heterocycles. The molecule has 0 aliphatic carbocycles. The van der Waals surface area contributed by atoms with Crippen molar-refractivity contribution >= 4 is 20.3 Å². The number of rotatable bonds is 17. The lowest BCUT2D eigenvalue weighted by atomic mass is 9.92. The monoisotopic (exact) mass is 980 g/mol. The number of benzene rings is 10. The van der Waals surface area contributed by atoms with E-state index in [0.29, 0.717) is 23.9 Å². The van der Waals surface area contributed by atoms with Gasteiger partial charge in [0.15, 0.2) is 6.10 Å². The van der Waals surface area contributed by atoms with Crippen LogP contribution in [0.25, 0.3) is 66.8 Å². The van der Waals surface area contributed by atoms with Crippen molar-refractivity contribution in [2.45, 2.75) is 31.2 Å². The zero-order chi connectivity index (χ0) is 50.7. The smallest absolute Gasteiger partial charge is 0.322 e. The summed E-state index contributed by atoms with van der Waals surface area (Å²) >= 11 is 0. The van der Waals surface area contributed by atoms with Crippen LogP contribution in [-0.2, 0) is 32.1 Å². The Morgan fingerprint density at radius 1 is 0.351 bits per heavy atom. The Hall–Kier alpha value is -8.68. The minimum atomic E-state index is -3.95. The lowest BCUT2D eigenvalue weighted by Gasteiger charge is -2.36. The predicted molar refractivity (Wildman–Crippen MR) is 302 cm³/mol. The number of ether oxygens (including phenoxy) is 1. The van der Waals surface area contributed by atoms with Crippen LogP contribution in [0.3, 0.4) is 0 Å². The topological polar surface area (TPSA) is 72.8 Å². The van der Waals surface area contributed by atoms with E-state index in [9.17, 15) is 9.90 Å². The molecular weight excluding hydrogens is 925 g/mol. The van der Waals surface area contributed by atoms with Crippen molar-refractivity contribution in [3.8, 4) is 72.5 Å². The van der Waals surface area contributed by atoms with Crippen LogP contribution in [0, 0.1) is 5.92 Å². The number of aliphatic hydroxyl groups excluding tert-OH is 1. The highest BCUT2D eigenvalue weighted by atomic mass is 28.4. The number of carbonyl (C=O) groups excluding carboxylic acids is 2. The standard InChI is InChI=1S/C68H56O5Si/c1-49(67(70)72-56-38-21-8-22-39-56)66(69)68(71)73-74(46-63-57(50-26-9-2-10-27-50)40-23-41-58(63)51-28-11-3-12-29-51,47-64-59(52-30-13-4-14-31-52)42-24-43-60(64)53-32-15-5-16-33-53)48-65-61(54-34-17-6-18-35-54)44-25-45-62(65)55-36-19-7-20-37-55/h2-45,49,66,69H,46-48H2,1H3/t49-,66-/m1/s1. The third-order valence-electron chi connectivity index (χ3n) is 13.9. The largest absolute Gasteiger partial charge is 0.516 e. The van der Waals surface area contributed by atoms with E-state index in [1.165, 1.54) is 6.92 Å². The molecule has 0 aliphatic heterocycles. The summed E-state index contributed by atoms with van der Waals surface area (Å²) in [5, 5.41) is 12.3. The van der Waals surface area contributed by atoms with Crippen molar-refractivity contribution in [1.82, 2.24) is 0 Å². The van der Waals surface area contributed by atoms with Crippen LogP contribution in [-0.4, -0.2) is 31.5 Å². The molecule has 0 aromatic heterocycles. The van der Waals surface area contributed by atoms with Crippen molar-refractivity contribution in [3.63, 3.8) is 0 Å². The van der Waals surface area contributed by atoms with E-state index >= 15 is 4.79 Å². The minimum absolute atomic E-state index is 0.316. The summed E-state index contributed by atoms with van der Waals surface area (Å²) < 4.78 is 13.3. The predicted octanol–water partition coefficient (Wildman–Crippen LogP) is 15.4. The van der Waals surface area contributed by atoms with Crippen LogP contribution in [0.15, 0.2) is 267 Å². The van der Waals surface area contributed by atoms with E-state index in [4.69, 9.17) is 9.16 Å². The molecule has 5 nitrogen and oxygen atoms in total. The first-order valence-corrected chi connectivity index (χ1v) is 27.7. The van der Waals surface area contributed by atoms with Gasteiger partial charge in [0.2, 0.25) is 0 Å². The number of esters is 1. The van der Waals surface area contributed by atoms with Crippen molar-refractivity contribution < 1.29 is 23.9 Å². The fraction of sp³-hybridized carbons (Fsp3) is 0.0882. The van der Waals surface area contributed by atoms with Gasteiger partial charge in [-0.3, -0.25) is 9.59 Å². The molecule has 0 fully saturated rings. The number of hydrogen-bond acceptors (Lipinski definition) is 5. The molecule has 10 rings (SSSR count). The lowest BCUT2D eigenvalue weighted by molar-refractivity contribution is -0.156. The van der Waals surface area contributed by atoms with Crippen LogP contribution in [0.1, 0.15) is 23.6 Å². The fourth-order valence-electron chi connectivity index (χ4n) is 10.2. The van der Waals surface area contributed by atoms with E-state index in [1.807, 2.05) is 42.5 Å². The van der Waals surface area contributed by atoms with Gasteiger partial charge >= 0.3 is 11.9 Å². The normalized spacial score (nSPS) is 12.1. The second-order valence-corrected chi connectivity index (χ2v) is 22.4. The third-order valence-corrected chi connectivity index (χ3v) is 17.5. The Morgan fingerprint density at radius 3 is 0.851 bits per heavy atom. The summed E-state index contributed by atoms with van der Waals surface area (Å²) in [7, 11) is -3.95. The van der Waals surface area contributed by atoms with Gasteiger partial charge in [0.1, 0.15) is 5.75 Å². The van der Waals surface area contributed by atoms with Crippen molar-refractivity contribution in [2.24, 2.45) is 5.92 Å². The van der Waals surface area contributed by atoms with Crippen LogP contribution in [0.4, 0.5) is 0 Å². The first-order chi connectivity index (χ1) is 36.3. The maximum atomic E-state index is 15.6. The highest BCUT2D eigenvalue weighted by Gasteiger charge is 2.46. The fourth-order valence-corrected chi connectivity index (χ4v) is 14.4. The highest BCUT2D eigenvalue weighted by molar-refractivity contribution is 6.74. The molecule has 6 heteroatoms. The van der Waals surface area contributed by atoms with Crippen LogP contribution in [0.5, 0.6) is 5.75 Å². The molecule has 0 heterocycles. The number of aliphatic hydroxyl groups is 1. The Morgan fingerprint density at radius 2 is 0.595 bits per heavy atom. The molecule has 10 aromatic rings. The first-order valence-electron chi connectivity index (χ1n) is 25.2. The average molecular weight is 981 g/mol. The van der Waals surface area contributed by atoms with Gasteiger partial charge in [-0.05, 0) is 103 Å². The van der Waals surface area contributed by atoms with Crippen molar-refractivity contribution in [2.75, 3.05) is 0 Å². The Kier molecular flexibility index (Phi) is 15.1. The summed E-state index contributed by atoms with van der Waals surface area (Å²) in [6, 6.07) is 91.3. The lowest BCUT2D eigenvalue weighted by Crippen LogP contribution is -2.52. The van der Waals surface area contributed by atoms with Gasteiger partial charge in [-0.15, -0.1) is 0 Å². The van der Waals surface area contributed by atoms with E-state index in [0.717, 1.165) is 83.5 Å². The van der Waals surface area contributed by atoms with Gasteiger partial charge < -0.3 is 14.3 Å². The zero-order valence-corrected chi connectivity index (χ0v) is 42.3. The van der Waals surface area contributed by atoms with E-state index < -0.39 is 32.3 Å². The molecule has 0 bridgehead atoms. The summed E-state index contributed by atoms with van der Waals surface area (Å²) in [6.45, 7) is 1.52. The molecule has 362 valence electrons. The van der Waals surface area contributed by atoms with E-state index in [2.05, 4.69) is 200 Å². The van der Waals surface area contributed by atoms with Crippen LogP contribution >= 0.6 is 0 Å². The second kappa shape index (κ2) is 22.8. The molecule has 0 amide bonds. The second-order valence-electron chi connectivity index (χ2n) is 18.8. The Bertz CT molecular complexity index is 2980. The molecule has 0 spiro atoms. The molecule has 0 radical (unpaired) electrons. The SMILES string of the molecule is C[C@@H](C(=O)Oc1ccccc1)[C@@H](O)C(=O)O[Si](Cc1c(-c2ccccc2)cccc1-c1ccccc1)(Cc1c(-c2ccccc2)cccc1-c1ccccc1)Cc1c(-c2ccccc2)cccc1-c1ccccc1. The molecular formula is C68H56O5Si. The summed E-state index contributed by atoms with van der Waals surface area (Å²) in [4.78, 5) is 29.5. The molecule has 1 N–H and O–H groups in total. The highest BCUT2D eigenvalue weighted by Crippen LogP contribution is 2.43. The molecule has 0 aliphatic rings. The zero-order valence-electron chi connectivity index (χ0n) is 41.3. The molecule has 74 heavy (non-hydrogen) atoms. The van der Waals surface area contributed by atoms with Crippen molar-refractivity contribution in [3.05, 3.63) is 284 Å². The van der Waals surface area contributed by atoms with Gasteiger partial charge in [0.25, 0.3) is 8.32 Å². The van der Waals surface area contributed by atoms with Gasteiger partial charge in [-0.1, -0.05) is 255 Å². The van der Waals surface area contributed by atoms with Gasteiger partial charge in [-0.25, -0.2) is 0 Å². The first kappa shape index (κ1) is 48.9. The van der Waals surface area contributed by atoms with E-state index in [1.54, 1.807) is 24.3 Å². The Balaban J connectivity index is 1.27. The molecule has 0 unspecified atom stereocenters. The Labute approximate surface area is 435 Å². The molecule has 10 aromatic carbocycles. The van der Waals surface area contributed by atoms with Gasteiger partial charge in [0.05, 0.1) is 5.92 Å². The summed E-state index contributed by atoms with van der Waals surface area (Å²) in [5.74, 6) is -2.56. The van der Waals surface area contributed by atoms with Gasteiger partial charge in [-0.2, -0.15) is 0 Å². The summed E-state index contributed by atoms with van der Waals surface area (Å²) in [6.07, 6.45) is -1.85.